The lowest BCUT2D eigenvalue weighted by Gasteiger charge is -2.20. The van der Waals surface area contributed by atoms with E-state index in [1.165, 1.54) is 0 Å². The third kappa shape index (κ3) is 5.04. The van der Waals surface area contributed by atoms with Crippen molar-refractivity contribution in [3.63, 3.8) is 0 Å². The molecule has 0 bridgehead atoms. The zero-order valence-electron chi connectivity index (χ0n) is 11.6. The SMILES string of the molecule is CC(C)CNC(=O)C(C)NC1CCCCNC1=O. The fourth-order valence-electron chi connectivity index (χ4n) is 1.93. The minimum absolute atomic E-state index is 0.0102. The second-order valence-corrected chi connectivity index (χ2v) is 5.37. The molecule has 5 heteroatoms. The second kappa shape index (κ2) is 7.36. The Labute approximate surface area is 109 Å². The quantitative estimate of drug-likeness (QED) is 0.666. The molecule has 0 aromatic heterocycles. The van der Waals surface area contributed by atoms with Crippen LogP contribution in [0.4, 0.5) is 0 Å². The van der Waals surface area contributed by atoms with E-state index in [-0.39, 0.29) is 23.9 Å². The van der Waals surface area contributed by atoms with Gasteiger partial charge in [0.1, 0.15) is 0 Å². The molecular formula is C13H25N3O2. The smallest absolute Gasteiger partial charge is 0.237 e. The lowest BCUT2D eigenvalue weighted by atomic mass is 10.1. The molecule has 18 heavy (non-hydrogen) atoms. The van der Waals surface area contributed by atoms with Gasteiger partial charge in [0.15, 0.2) is 0 Å². The van der Waals surface area contributed by atoms with Gasteiger partial charge >= 0.3 is 0 Å². The van der Waals surface area contributed by atoms with E-state index in [1.807, 2.05) is 0 Å². The summed E-state index contributed by atoms with van der Waals surface area (Å²) >= 11 is 0. The van der Waals surface area contributed by atoms with Gasteiger partial charge in [-0.2, -0.15) is 0 Å². The summed E-state index contributed by atoms with van der Waals surface area (Å²) in [6.45, 7) is 7.31. The van der Waals surface area contributed by atoms with Crippen molar-refractivity contribution < 1.29 is 9.59 Å². The summed E-state index contributed by atoms with van der Waals surface area (Å²) < 4.78 is 0. The molecule has 0 saturated carbocycles. The number of hydrogen-bond donors (Lipinski definition) is 3. The standard InChI is InChI=1S/C13H25N3O2/c1-9(2)8-15-12(17)10(3)16-11-6-4-5-7-14-13(11)18/h9-11,16H,4-8H2,1-3H3,(H,14,18)(H,15,17). The van der Waals surface area contributed by atoms with E-state index in [9.17, 15) is 9.59 Å². The fourth-order valence-corrected chi connectivity index (χ4v) is 1.93. The van der Waals surface area contributed by atoms with Crippen molar-refractivity contribution in [2.45, 2.75) is 52.1 Å². The molecule has 1 rings (SSSR count). The van der Waals surface area contributed by atoms with Crippen molar-refractivity contribution in [2.24, 2.45) is 5.92 Å². The summed E-state index contributed by atoms with van der Waals surface area (Å²) in [6.07, 6.45) is 2.82. The van der Waals surface area contributed by atoms with Crippen molar-refractivity contribution in [2.75, 3.05) is 13.1 Å². The Bertz CT molecular complexity index is 292. The topological polar surface area (TPSA) is 70.2 Å². The van der Waals surface area contributed by atoms with Crippen LogP contribution in [-0.4, -0.2) is 37.0 Å². The van der Waals surface area contributed by atoms with E-state index in [4.69, 9.17) is 0 Å². The van der Waals surface area contributed by atoms with Crippen molar-refractivity contribution >= 4 is 11.8 Å². The van der Waals surface area contributed by atoms with E-state index in [0.717, 1.165) is 25.8 Å². The van der Waals surface area contributed by atoms with Crippen molar-refractivity contribution in [1.29, 1.82) is 0 Å². The summed E-state index contributed by atoms with van der Waals surface area (Å²) in [4.78, 5) is 23.5. The number of hydrogen-bond acceptors (Lipinski definition) is 3. The Morgan fingerprint density at radius 1 is 1.39 bits per heavy atom. The molecular weight excluding hydrogens is 230 g/mol. The first-order chi connectivity index (χ1) is 8.50. The van der Waals surface area contributed by atoms with Crippen LogP contribution in [0, 0.1) is 5.92 Å². The molecule has 2 amide bonds. The number of amides is 2. The van der Waals surface area contributed by atoms with Gasteiger partial charge in [0.2, 0.25) is 11.8 Å². The molecule has 104 valence electrons. The third-order valence-electron chi connectivity index (χ3n) is 3.06. The van der Waals surface area contributed by atoms with Crippen molar-refractivity contribution in [1.82, 2.24) is 16.0 Å². The normalized spacial score (nSPS) is 22.2. The van der Waals surface area contributed by atoms with Crippen LogP contribution >= 0.6 is 0 Å². The number of rotatable bonds is 5. The lowest BCUT2D eigenvalue weighted by molar-refractivity contribution is -0.125. The molecule has 0 radical (unpaired) electrons. The Hall–Kier alpha value is -1.10. The highest BCUT2D eigenvalue weighted by Crippen LogP contribution is 2.06. The number of carbonyl (C=O) groups is 2. The molecule has 1 aliphatic rings. The maximum Gasteiger partial charge on any atom is 0.237 e. The third-order valence-corrected chi connectivity index (χ3v) is 3.06. The molecule has 5 nitrogen and oxygen atoms in total. The Morgan fingerprint density at radius 3 is 2.78 bits per heavy atom. The van der Waals surface area contributed by atoms with Crippen LogP contribution in [0.2, 0.25) is 0 Å². The van der Waals surface area contributed by atoms with Gasteiger partial charge in [0.05, 0.1) is 12.1 Å². The lowest BCUT2D eigenvalue weighted by Crippen LogP contribution is -2.52. The van der Waals surface area contributed by atoms with E-state index in [0.29, 0.717) is 12.5 Å². The number of carbonyl (C=O) groups excluding carboxylic acids is 2. The fraction of sp³-hybridized carbons (Fsp3) is 0.846. The predicted octanol–water partition coefficient (Wildman–Crippen LogP) is 0.405. The second-order valence-electron chi connectivity index (χ2n) is 5.37. The maximum atomic E-state index is 11.8. The molecule has 2 atom stereocenters. The monoisotopic (exact) mass is 255 g/mol. The van der Waals surface area contributed by atoms with E-state index in [2.05, 4.69) is 29.8 Å². The minimum Gasteiger partial charge on any atom is -0.355 e. The molecule has 1 saturated heterocycles. The Morgan fingerprint density at radius 2 is 2.11 bits per heavy atom. The molecule has 0 aromatic carbocycles. The van der Waals surface area contributed by atoms with Gasteiger partial charge in [-0.05, 0) is 32.1 Å². The summed E-state index contributed by atoms with van der Waals surface area (Å²) in [7, 11) is 0. The number of nitrogens with one attached hydrogen (secondary N) is 3. The molecule has 3 N–H and O–H groups in total. The van der Waals surface area contributed by atoms with Gasteiger partial charge in [0, 0.05) is 13.1 Å². The molecule has 1 aliphatic heterocycles. The zero-order valence-corrected chi connectivity index (χ0v) is 11.6. The van der Waals surface area contributed by atoms with Crippen LogP contribution in [0.3, 0.4) is 0 Å². The Balaban J connectivity index is 2.39. The van der Waals surface area contributed by atoms with Crippen molar-refractivity contribution in [3.8, 4) is 0 Å². The maximum absolute atomic E-state index is 11.8. The summed E-state index contributed by atoms with van der Waals surface area (Å²) in [5, 5.41) is 8.83. The first-order valence-corrected chi connectivity index (χ1v) is 6.82. The molecule has 2 unspecified atom stereocenters. The summed E-state index contributed by atoms with van der Waals surface area (Å²) in [6, 6.07) is -0.579. The van der Waals surface area contributed by atoms with Gasteiger partial charge in [-0.25, -0.2) is 0 Å². The van der Waals surface area contributed by atoms with E-state index in [1.54, 1.807) is 6.92 Å². The highest BCUT2D eigenvalue weighted by Gasteiger charge is 2.24. The van der Waals surface area contributed by atoms with Crippen molar-refractivity contribution in [3.05, 3.63) is 0 Å². The first kappa shape index (κ1) is 15.0. The molecule has 0 spiro atoms. The minimum atomic E-state index is -0.336. The first-order valence-electron chi connectivity index (χ1n) is 6.82. The zero-order chi connectivity index (χ0) is 13.5. The van der Waals surface area contributed by atoms with Crippen LogP contribution in [-0.2, 0) is 9.59 Å². The van der Waals surface area contributed by atoms with Gasteiger partial charge in [-0.1, -0.05) is 13.8 Å². The average Bonchev–Trinajstić information content (AvgIpc) is 2.51. The van der Waals surface area contributed by atoms with E-state index < -0.39 is 0 Å². The van der Waals surface area contributed by atoms with Crippen LogP contribution in [0.25, 0.3) is 0 Å². The molecule has 1 heterocycles. The summed E-state index contributed by atoms with van der Waals surface area (Å²) in [5.74, 6) is 0.402. The van der Waals surface area contributed by atoms with E-state index >= 15 is 0 Å². The highest BCUT2D eigenvalue weighted by atomic mass is 16.2. The molecule has 1 fully saturated rings. The van der Waals surface area contributed by atoms with Crippen LogP contribution in [0.15, 0.2) is 0 Å². The van der Waals surface area contributed by atoms with Crippen LogP contribution in [0.5, 0.6) is 0 Å². The van der Waals surface area contributed by atoms with Gasteiger partial charge in [-0.15, -0.1) is 0 Å². The highest BCUT2D eigenvalue weighted by molar-refractivity contribution is 5.85. The largest absolute Gasteiger partial charge is 0.355 e. The summed E-state index contributed by atoms with van der Waals surface area (Å²) in [5.41, 5.74) is 0. The molecule has 0 aliphatic carbocycles. The molecule has 0 aromatic rings. The van der Waals surface area contributed by atoms with Crippen LogP contribution in [0.1, 0.15) is 40.0 Å². The Kier molecular flexibility index (Phi) is 6.12. The van der Waals surface area contributed by atoms with Crippen LogP contribution < -0.4 is 16.0 Å². The average molecular weight is 255 g/mol. The predicted molar refractivity (Wildman–Crippen MR) is 71.1 cm³/mol. The van der Waals surface area contributed by atoms with Gasteiger partial charge in [0.25, 0.3) is 0 Å². The van der Waals surface area contributed by atoms with Gasteiger partial charge < -0.3 is 10.6 Å². The van der Waals surface area contributed by atoms with Gasteiger partial charge in [-0.3, -0.25) is 14.9 Å².